The van der Waals surface area contributed by atoms with Gasteiger partial charge in [0, 0.05) is 21.9 Å². The van der Waals surface area contributed by atoms with Gasteiger partial charge < -0.3 is 9.73 Å². The number of hydrogen-bond donors (Lipinski definition) is 1. The van der Waals surface area contributed by atoms with Gasteiger partial charge in [-0.15, -0.1) is 23.1 Å². The van der Waals surface area contributed by atoms with Gasteiger partial charge in [0.05, 0.1) is 17.7 Å². The predicted octanol–water partition coefficient (Wildman–Crippen LogP) is 4.37. The van der Waals surface area contributed by atoms with Gasteiger partial charge in [-0.3, -0.25) is 9.59 Å². The molecule has 0 saturated heterocycles. The van der Waals surface area contributed by atoms with E-state index in [2.05, 4.69) is 5.32 Å². The summed E-state index contributed by atoms with van der Waals surface area (Å²) in [6.07, 6.45) is 1.94. The molecular weight excluding hydrogens is 354 g/mol. The molecule has 4 nitrogen and oxygen atoms in total. The second kappa shape index (κ2) is 8.69. The molecule has 0 spiro atoms. The Bertz CT molecular complexity index is 825. The SMILES string of the molecule is O=C(CCSc1ccccc1)NCc1ccc(C(=O)c2ccco2)s1. The first kappa shape index (κ1) is 17.5. The largest absolute Gasteiger partial charge is 0.461 e. The third-order valence-corrected chi connectivity index (χ3v) is 5.53. The van der Waals surface area contributed by atoms with Crippen molar-refractivity contribution in [2.75, 3.05) is 5.75 Å². The lowest BCUT2D eigenvalue weighted by Crippen LogP contribution is -2.22. The molecular formula is C19H17NO3S2. The van der Waals surface area contributed by atoms with Gasteiger partial charge in [0.2, 0.25) is 11.7 Å². The van der Waals surface area contributed by atoms with Crippen LogP contribution in [-0.4, -0.2) is 17.4 Å². The summed E-state index contributed by atoms with van der Waals surface area (Å²) < 4.78 is 5.12. The molecule has 6 heteroatoms. The highest BCUT2D eigenvalue weighted by Gasteiger charge is 2.14. The zero-order valence-electron chi connectivity index (χ0n) is 13.4. The zero-order valence-corrected chi connectivity index (χ0v) is 15.1. The highest BCUT2D eigenvalue weighted by Crippen LogP contribution is 2.21. The van der Waals surface area contributed by atoms with Gasteiger partial charge in [-0.1, -0.05) is 18.2 Å². The maximum Gasteiger partial charge on any atom is 0.238 e. The molecule has 0 unspecified atom stereocenters. The van der Waals surface area contributed by atoms with Crippen LogP contribution < -0.4 is 5.32 Å². The molecule has 0 radical (unpaired) electrons. The van der Waals surface area contributed by atoms with Crippen molar-refractivity contribution in [1.82, 2.24) is 5.32 Å². The molecule has 1 N–H and O–H groups in total. The molecule has 2 heterocycles. The third kappa shape index (κ3) is 5.08. The van der Waals surface area contributed by atoms with Gasteiger partial charge in [-0.25, -0.2) is 0 Å². The third-order valence-electron chi connectivity index (χ3n) is 3.43. The van der Waals surface area contributed by atoms with Crippen molar-refractivity contribution >= 4 is 34.8 Å². The summed E-state index contributed by atoms with van der Waals surface area (Å²) in [5, 5.41) is 2.90. The normalized spacial score (nSPS) is 10.6. The van der Waals surface area contributed by atoms with Crippen molar-refractivity contribution < 1.29 is 14.0 Å². The summed E-state index contributed by atoms with van der Waals surface area (Å²) in [4.78, 5) is 26.8. The van der Waals surface area contributed by atoms with Gasteiger partial charge >= 0.3 is 0 Å². The maximum atomic E-state index is 12.2. The molecule has 0 saturated carbocycles. The van der Waals surface area contributed by atoms with Crippen LogP contribution in [0.25, 0.3) is 0 Å². The molecule has 0 fully saturated rings. The average Bonchev–Trinajstić information content (AvgIpc) is 3.32. The van der Waals surface area contributed by atoms with Crippen LogP contribution in [0.2, 0.25) is 0 Å². The van der Waals surface area contributed by atoms with Crippen LogP contribution in [0.1, 0.15) is 26.7 Å². The number of nitrogens with one attached hydrogen (secondary N) is 1. The first-order chi connectivity index (χ1) is 12.2. The summed E-state index contributed by atoms with van der Waals surface area (Å²) in [6, 6.07) is 17.0. The topological polar surface area (TPSA) is 59.3 Å². The Balaban J connectivity index is 1.42. The molecule has 25 heavy (non-hydrogen) atoms. The molecule has 3 aromatic rings. The Morgan fingerprint density at radius 3 is 2.64 bits per heavy atom. The Kier molecular flexibility index (Phi) is 6.09. The quantitative estimate of drug-likeness (QED) is 0.472. The Morgan fingerprint density at radius 1 is 1.04 bits per heavy atom. The first-order valence-electron chi connectivity index (χ1n) is 7.84. The second-order valence-corrected chi connectivity index (χ2v) is 7.60. The number of thiophene rings is 1. The fourth-order valence-corrected chi connectivity index (χ4v) is 3.94. The van der Waals surface area contributed by atoms with E-state index in [0.29, 0.717) is 23.6 Å². The molecule has 0 atom stereocenters. The number of benzene rings is 1. The van der Waals surface area contributed by atoms with Crippen LogP contribution in [-0.2, 0) is 11.3 Å². The van der Waals surface area contributed by atoms with E-state index in [1.165, 1.54) is 17.6 Å². The fourth-order valence-electron chi connectivity index (χ4n) is 2.18. The molecule has 128 valence electrons. The lowest BCUT2D eigenvalue weighted by Gasteiger charge is -2.04. The van der Waals surface area contributed by atoms with E-state index in [-0.39, 0.29) is 11.7 Å². The highest BCUT2D eigenvalue weighted by molar-refractivity contribution is 7.99. The van der Waals surface area contributed by atoms with Gasteiger partial charge in [-0.2, -0.15) is 0 Å². The number of ketones is 1. The molecule has 2 aromatic heterocycles. The summed E-state index contributed by atoms with van der Waals surface area (Å²) >= 11 is 3.04. The lowest BCUT2D eigenvalue weighted by atomic mass is 10.2. The van der Waals surface area contributed by atoms with E-state index >= 15 is 0 Å². The molecule has 3 rings (SSSR count). The number of carbonyl (C=O) groups excluding carboxylic acids is 2. The van der Waals surface area contributed by atoms with E-state index in [0.717, 1.165) is 15.5 Å². The standard InChI is InChI=1S/C19H17NO3S2/c21-18(10-12-24-14-5-2-1-3-6-14)20-13-15-8-9-17(25-15)19(22)16-7-4-11-23-16/h1-9,11H,10,12-13H2,(H,20,21). The van der Waals surface area contributed by atoms with Crippen molar-refractivity contribution in [3.8, 4) is 0 Å². The molecule has 0 aliphatic carbocycles. The minimum Gasteiger partial charge on any atom is -0.461 e. The maximum absolute atomic E-state index is 12.2. The minimum atomic E-state index is -0.133. The van der Waals surface area contributed by atoms with Gasteiger partial charge in [-0.05, 0) is 36.4 Å². The highest BCUT2D eigenvalue weighted by atomic mass is 32.2. The van der Waals surface area contributed by atoms with Crippen molar-refractivity contribution in [3.63, 3.8) is 0 Å². The number of hydrogen-bond acceptors (Lipinski definition) is 5. The van der Waals surface area contributed by atoms with E-state index in [9.17, 15) is 9.59 Å². The first-order valence-corrected chi connectivity index (χ1v) is 9.64. The Labute approximate surface area is 154 Å². The summed E-state index contributed by atoms with van der Waals surface area (Å²) in [5.74, 6) is 0.945. The van der Waals surface area contributed by atoms with E-state index in [1.54, 1.807) is 30.0 Å². The van der Waals surface area contributed by atoms with Crippen molar-refractivity contribution in [3.05, 3.63) is 76.4 Å². The van der Waals surface area contributed by atoms with E-state index in [1.807, 2.05) is 36.4 Å². The van der Waals surface area contributed by atoms with Crippen LogP contribution in [0.4, 0.5) is 0 Å². The second-order valence-electron chi connectivity index (χ2n) is 5.26. The van der Waals surface area contributed by atoms with Gasteiger partial charge in [0.25, 0.3) is 0 Å². The van der Waals surface area contributed by atoms with E-state index < -0.39 is 0 Å². The Hall–Kier alpha value is -2.31. The van der Waals surface area contributed by atoms with Crippen molar-refractivity contribution in [1.29, 1.82) is 0 Å². The number of furan rings is 1. The van der Waals surface area contributed by atoms with Crippen molar-refractivity contribution in [2.24, 2.45) is 0 Å². The fraction of sp³-hybridized carbons (Fsp3) is 0.158. The monoisotopic (exact) mass is 371 g/mol. The molecule has 1 amide bonds. The van der Waals surface area contributed by atoms with Crippen LogP contribution in [0.3, 0.4) is 0 Å². The molecule has 0 aliphatic rings. The average molecular weight is 371 g/mol. The smallest absolute Gasteiger partial charge is 0.238 e. The van der Waals surface area contributed by atoms with Crippen LogP contribution in [0, 0.1) is 0 Å². The number of thioether (sulfide) groups is 1. The van der Waals surface area contributed by atoms with E-state index in [4.69, 9.17) is 4.42 Å². The van der Waals surface area contributed by atoms with Crippen LogP contribution in [0.15, 0.2) is 70.2 Å². The van der Waals surface area contributed by atoms with Gasteiger partial charge in [0.1, 0.15) is 0 Å². The van der Waals surface area contributed by atoms with Crippen molar-refractivity contribution in [2.45, 2.75) is 17.9 Å². The lowest BCUT2D eigenvalue weighted by molar-refractivity contribution is -0.120. The molecule has 1 aromatic carbocycles. The number of rotatable bonds is 8. The minimum absolute atomic E-state index is 0.00995. The zero-order chi connectivity index (χ0) is 17.5. The van der Waals surface area contributed by atoms with Gasteiger partial charge in [0.15, 0.2) is 5.76 Å². The summed E-state index contributed by atoms with van der Waals surface area (Å²) in [7, 11) is 0. The Morgan fingerprint density at radius 2 is 1.88 bits per heavy atom. The summed E-state index contributed by atoms with van der Waals surface area (Å²) in [5.41, 5.74) is 0. The molecule has 0 bridgehead atoms. The number of amides is 1. The van der Waals surface area contributed by atoms with Crippen LogP contribution >= 0.6 is 23.1 Å². The number of carbonyl (C=O) groups is 2. The van der Waals surface area contributed by atoms with Crippen LogP contribution in [0.5, 0.6) is 0 Å². The predicted molar refractivity (Wildman–Crippen MR) is 100 cm³/mol. The summed E-state index contributed by atoms with van der Waals surface area (Å²) in [6.45, 7) is 0.435. The molecule has 0 aliphatic heterocycles.